The van der Waals surface area contributed by atoms with Crippen LogP contribution in [0.3, 0.4) is 0 Å². The zero-order valence-electron chi connectivity index (χ0n) is 11.6. The summed E-state index contributed by atoms with van der Waals surface area (Å²) in [5.74, 6) is 0.721. The maximum atomic E-state index is 5.91. The number of aromatic nitrogens is 2. The summed E-state index contributed by atoms with van der Waals surface area (Å²) in [5.41, 5.74) is 8.95. The van der Waals surface area contributed by atoms with Gasteiger partial charge in [-0.3, -0.25) is 9.58 Å². The lowest BCUT2D eigenvalue weighted by Gasteiger charge is -2.16. The zero-order chi connectivity index (χ0) is 13.8. The number of benzene rings is 1. The van der Waals surface area contributed by atoms with Crippen molar-refractivity contribution in [3.8, 4) is 5.75 Å². The van der Waals surface area contributed by atoms with Crippen LogP contribution in [0.15, 0.2) is 30.6 Å². The monoisotopic (exact) mass is 260 g/mol. The normalized spacial score (nSPS) is 10.9. The van der Waals surface area contributed by atoms with Gasteiger partial charge in [-0.2, -0.15) is 5.10 Å². The first-order chi connectivity index (χ1) is 9.08. The highest BCUT2D eigenvalue weighted by Gasteiger charge is 2.05. The number of hydrogen-bond donors (Lipinski definition) is 1. The van der Waals surface area contributed by atoms with E-state index >= 15 is 0 Å². The summed E-state index contributed by atoms with van der Waals surface area (Å²) in [4.78, 5) is 2.22. The van der Waals surface area contributed by atoms with E-state index in [9.17, 15) is 0 Å². The third kappa shape index (κ3) is 3.48. The van der Waals surface area contributed by atoms with Gasteiger partial charge in [0.25, 0.3) is 0 Å². The molecule has 0 radical (unpaired) electrons. The molecule has 1 aromatic carbocycles. The van der Waals surface area contributed by atoms with Gasteiger partial charge in [0.2, 0.25) is 0 Å². The van der Waals surface area contributed by atoms with Crippen LogP contribution in [0.1, 0.15) is 11.1 Å². The second-order valence-corrected chi connectivity index (χ2v) is 4.77. The molecule has 0 bridgehead atoms. The second-order valence-electron chi connectivity index (χ2n) is 4.77. The van der Waals surface area contributed by atoms with Crippen molar-refractivity contribution < 1.29 is 4.74 Å². The Morgan fingerprint density at radius 3 is 2.63 bits per heavy atom. The van der Waals surface area contributed by atoms with Gasteiger partial charge >= 0.3 is 0 Å². The minimum absolute atomic E-state index is 0.676. The molecular weight excluding hydrogens is 240 g/mol. The van der Waals surface area contributed by atoms with Gasteiger partial charge in [-0.15, -0.1) is 0 Å². The largest absolute Gasteiger partial charge is 0.495 e. The first-order valence-electron chi connectivity index (χ1n) is 6.17. The Bertz CT molecular complexity index is 550. The van der Waals surface area contributed by atoms with E-state index in [1.54, 1.807) is 7.11 Å². The Balaban J connectivity index is 1.98. The summed E-state index contributed by atoms with van der Waals surface area (Å²) in [7, 11) is 5.63. The number of methoxy groups -OCH3 is 1. The quantitative estimate of drug-likeness (QED) is 0.830. The molecule has 1 aromatic heterocycles. The third-order valence-corrected chi connectivity index (χ3v) is 2.96. The maximum Gasteiger partial charge on any atom is 0.141 e. The van der Waals surface area contributed by atoms with Crippen molar-refractivity contribution in [2.75, 3.05) is 19.9 Å². The van der Waals surface area contributed by atoms with Crippen molar-refractivity contribution in [2.45, 2.75) is 13.1 Å². The molecule has 2 rings (SSSR count). The van der Waals surface area contributed by atoms with E-state index in [0.717, 1.165) is 18.8 Å². The summed E-state index contributed by atoms with van der Waals surface area (Å²) < 4.78 is 6.97. The molecule has 0 atom stereocenters. The van der Waals surface area contributed by atoms with E-state index < -0.39 is 0 Å². The lowest BCUT2D eigenvalue weighted by molar-refractivity contribution is 0.319. The molecule has 0 aliphatic rings. The number of rotatable bonds is 5. The maximum absolute atomic E-state index is 5.91. The molecule has 102 valence electrons. The molecule has 0 unspecified atom stereocenters. The number of anilines is 1. The fourth-order valence-electron chi connectivity index (χ4n) is 2.11. The Hall–Kier alpha value is -2.01. The van der Waals surface area contributed by atoms with Gasteiger partial charge in [0.1, 0.15) is 5.75 Å². The first-order valence-corrected chi connectivity index (χ1v) is 6.17. The van der Waals surface area contributed by atoms with Crippen molar-refractivity contribution >= 4 is 5.69 Å². The van der Waals surface area contributed by atoms with Crippen LogP contribution >= 0.6 is 0 Å². The van der Waals surface area contributed by atoms with Crippen LogP contribution in [0.25, 0.3) is 0 Å². The van der Waals surface area contributed by atoms with Crippen molar-refractivity contribution in [2.24, 2.45) is 7.05 Å². The molecule has 0 aliphatic carbocycles. The minimum Gasteiger partial charge on any atom is -0.495 e. The van der Waals surface area contributed by atoms with Gasteiger partial charge in [-0.05, 0) is 24.7 Å². The topological polar surface area (TPSA) is 56.3 Å². The summed E-state index contributed by atoms with van der Waals surface area (Å²) in [5, 5.41) is 4.17. The fraction of sp³-hybridized carbons (Fsp3) is 0.357. The smallest absolute Gasteiger partial charge is 0.141 e. The summed E-state index contributed by atoms with van der Waals surface area (Å²) in [6, 6.07) is 5.90. The molecule has 0 aliphatic heterocycles. The standard InChI is InChI=1S/C14H20N4O/c1-17(9-12-7-16-18(2)10-12)8-11-4-5-14(19-3)13(15)6-11/h4-7,10H,8-9,15H2,1-3H3. The predicted octanol–water partition coefficient (Wildman–Crippen LogP) is 1.64. The summed E-state index contributed by atoms with van der Waals surface area (Å²) in [6.07, 6.45) is 3.91. The summed E-state index contributed by atoms with van der Waals surface area (Å²) >= 11 is 0. The molecule has 2 aromatic rings. The Kier molecular flexibility index (Phi) is 4.06. The van der Waals surface area contributed by atoms with E-state index in [2.05, 4.69) is 17.0 Å². The number of ether oxygens (including phenoxy) is 1. The first kappa shape index (κ1) is 13.4. The Morgan fingerprint density at radius 1 is 1.32 bits per heavy atom. The van der Waals surface area contributed by atoms with E-state index in [1.807, 2.05) is 42.3 Å². The van der Waals surface area contributed by atoms with Crippen LogP contribution < -0.4 is 10.5 Å². The van der Waals surface area contributed by atoms with Crippen molar-refractivity contribution in [3.05, 3.63) is 41.7 Å². The fourth-order valence-corrected chi connectivity index (χ4v) is 2.11. The van der Waals surface area contributed by atoms with E-state index in [1.165, 1.54) is 11.1 Å². The molecule has 0 spiro atoms. The Morgan fingerprint density at radius 2 is 2.05 bits per heavy atom. The van der Waals surface area contributed by atoms with Gasteiger partial charge in [0.15, 0.2) is 0 Å². The number of nitrogen functional groups attached to an aromatic ring is 1. The van der Waals surface area contributed by atoms with Gasteiger partial charge in [-0.1, -0.05) is 6.07 Å². The van der Waals surface area contributed by atoms with Gasteiger partial charge in [0, 0.05) is 31.9 Å². The highest BCUT2D eigenvalue weighted by molar-refractivity contribution is 5.54. The molecule has 5 heteroatoms. The highest BCUT2D eigenvalue weighted by atomic mass is 16.5. The lowest BCUT2D eigenvalue weighted by Crippen LogP contribution is -2.17. The number of nitrogens with two attached hydrogens (primary N) is 1. The van der Waals surface area contributed by atoms with E-state index in [4.69, 9.17) is 10.5 Å². The van der Waals surface area contributed by atoms with Crippen LogP contribution in [0.2, 0.25) is 0 Å². The molecule has 19 heavy (non-hydrogen) atoms. The molecule has 5 nitrogen and oxygen atoms in total. The number of nitrogens with zero attached hydrogens (tertiary/aromatic N) is 3. The van der Waals surface area contributed by atoms with Crippen LogP contribution in [-0.4, -0.2) is 28.8 Å². The highest BCUT2D eigenvalue weighted by Crippen LogP contribution is 2.22. The number of aryl methyl sites for hydroxylation is 1. The Labute approximate surface area is 113 Å². The van der Waals surface area contributed by atoms with Crippen molar-refractivity contribution in [1.29, 1.82) is 0 Å². The van der Waals surface area contributed by atoms with Crippen molar-refractivity contribution in [1.82, 2.24) is 14.7 Å². The van der Waals surface area contributed by atoms with Crippen LogP contribution in [0.4, 0.5) is 5.69 Å². The molecule has 0 fully saturated rings. The minimum atomic E-state index is 0.676. The second kappa shape index (κ2) is 5.75. The van der Waals surface area contributed by atoms with Crippen LogP contribution in [-0.2, 0) is 20.1 Å². The molecule has 0 saturated carbocycles. The van der Waals surface area contributed by atoms with E-state index in [0.29, 0.717) is 5.69 Å². The predicted molar refractivity (Wildman–Crippen MR) is 75.8 cm³/mol. The number of hydrogen-bond acceptors (Lipinski definition) is 4. The van der Waals surface area contributed by atoms with E-state index in [-0.39, 0.29) is 0 Å². The molecule has 1 heterocycles. The lowest BCUT2D eigenvalue weighted by atomic mass is 10.1. The molecule has 0 saturated heterocycles. The average molecular weight is 260 g/mol. The zero-order valence-corrected chi connectivity index (χ0v) is 11.6. The SMILES string of the molecule is COc1ccc(CN(C)Cc2cnn(C)c2)cc1N. The van der Waals surface area contributed by atoms with Crippen LogP contribution in [0.5, 0.6) is 5.75 Å². The van der Waals surface area contributed by atoms with Gasteiger partial charge in [0.05, 0.1) is 19.0 Å². The molecular formula is C14H20N4O. The molecule has 0 amide bonds. The average Bonchev–Trinajstić information content (AvgIpc) is 2.74. The van der Waals surface area contributed by atoms with Gasteiger partial charge < -0.3 is 10.5 Å². The van der Waals surface area contributed by atoms with Gasteiger partial charge in [-0.25, -0.2) is 0 Å². The third-order valence-electron chi connectivity index (χ3n) is 2.96. The molecule has 2 N–H and O–H groups in total. The summed E-state index contributed by atoms with van der Waals surface area (Å²) in [6.45, 7) is 1.70. The van der Waals surface area contributed by atoms with Crippen LogP contribution in [0, 0.1) is 0 Å². The van der Waals surface area contributed by atoms with Crippen molar-refractivity contribution in [3.63, 3.8) is 0 Å².